The molecule has 1 atom stereocenters. The van der Waals surface area contributed by atoms with Crippen LogP contribution in [0.2, 0.25) is 0 Å². The average molecular weight is 244 g/mol. The average Bonchev–Trinajstić information content (AvgIpc) is 2.21. The summed E-state index contributed by atoms with van der Waals surface area (Å²) in [4.78, 5) is 11.5. The molecule has 88 valence electrons. The summed E-state index contributed by atoms with van der Waals surface area (Å²) in [6.07, 6.45) is 1.55. The third kappa shape index (κ3) is 3.62. The number of carbonyl (C=O) groups excluding carboxylic acids is 1. The van der Waals surface area contributed by atoms with Crippen LogP contribution in [0.25, 0.3) is 0 Å². The third-order valence-electron chi connectivity index (χ3n) is 1.94. The Morgan fingerprint density at radius 3 is 2.81 bits per heavy atom. The van der Waals surface area contributed by atoms with Crippen LogP contribution in [0.3, 0.4) is 0 Å². The molecule has 1 rings (SSSR count). The lowest BCUT2D eigenvalue weighted by atomic mass is 10.2. The predicted molar refractivity (Wildman–Crippen MR) is 62.1 cm³/mol. The molecule has 0 aromatic heterocycles. The number of rotatable bonds is 4. The Hall–Kier alpha value is -1.43. The van der Waals surface area contributed by atoms with Gasteiger partial charge < -0.3 is 11.1 Å². The Balaban J connectivity index is 2.59. The highest BCUT2D eigenvalue weighted by Crippen LogP contribution is 2.11. The first-order chi connectivity index (χ1) is 7.50. The molecule has 6 heteroatoms. The number of nitrogen functional groups attached to an aromatic ring is 1. The van der Waals surface area contributed by atoms with E-state index in [1.165, 1.54) is 12.1 Å². The number of amides is 1. The molecule has 0 fully saturated rings. The van der Waals surface area contributed by atoms with E-state index in [-0.39, 0.29) is 11.3 Å². The van der Waals surface area contributed by atoms with Crippen LogP contribution in [0.4, 0.5) is 10.1 Å². The van der Waals surface area contributed by atoms with Crippen LogP contribution in [-0.4, -0.2) is 28.7 Å². The van der Waals surface area contributed by atoms with E-state index in [1.807, 2.05) is 0 Å². The van der Waals surface area contributed by atoms with E-state index in [0.29, 0.717) is 12.3 Å². The van der Waals surface area contributed by atoms with Gasteiger partial charge in [-0.1, -0.05) is 0 Å². The molecular weight excluding hydrogens is 231 g/mol. The summed E-state index contributed by atoms with van der Waals surface area (Å²) in [6.45, 7) is 0.300. The monoisotopic (exact) mass is 244 g/mol. The maximum Gasteiger partial charge on any atom is 0.251 e. The predicted octanol–water partition coefficient (Wildman–Crippen LogP) is 0.516. The standard InChI is InChI=1S/C10H13FN2O2S/c1-16(15)5-4-13-10(14)7-2-3-9(12)8(11)6-7/h2-3,6H,4-5,12H2,1H3,(H,13,14). The van der Waals surface area contributed by atoms with Gasteiger partial charge >= 0.3 is 0 Å². The Morgan fingerprint density at radius 2 is 2.25 bits per heavy atom. The lowest BCUT2D eigenvalue weighted by Crippen LogP contribution is -2.27. The van der Waals surface area contributed by atoms with E-state index < -0.39 is 22.5 Å². The minimum absolute atomic E-state index is 0.00575. The minimum Gasteiger partial charge on any atom is -0.396 e. The summed E-state index contributed by atoms with van der Waals surface area (Å²) in [5.41, 5.74) is 5.49. The number of benzene rings is 1. The van der Waals surface area contributed by atoms with Crippen LogP contribution in [0.1, 0.15) is 10.4 Å². The van der Waals surface area contributed by atoms with Gasteiger partial charge in [0.15, 0.2) is 0 Å². The molecule has 1 aromatic carbocycles. The molecule has 16 heavy (non-hydrogen) atoms. The van der Waals surface area contributed by atoms with Crippen molar-refractivity contribution in [2.24, 2.45) is 0 Å². The van der Waals surface area contributed by atoms with Crippen molar-refractivity contribution in [3.8, 4) is 0 Å². The smallest absolute Gasteiger partial charge is 0.251 e. The van der Waals surface area contributed by atoms with Gasteiger partial charge in [-0.2, -0.15) is 0 Å². The van der Waals surface area contributed by atoms with E-state index in [9.17, 15) is 13.4 Å². The molecule has 0 aliphatic rings. The summed E-state index contributed by atoms with van der Waals surface area (Å²) >= 11 is 0. The third-order valence-corrected chi connectivity index (χ3v) is 2.72. The summed E-state index contributed by atoms with van der Waals surface area (Å²) in [7, 11) is -0.955. The quantitative estimate of drug-likeness (QED) is 0.758. The zero-order chi connectivity index (χ0) is 12.1. The van der Waals surface area contributed by atoms with Crippen molar-refractivity contribution < 1.29 is 13.4 Å². The van der Waals surface area contributed by atoms with Crippen molar-refractivity contribution in [1.82, 2.24) is 5.32 Å². The van der Waals surface area contributed by atoms with Crippen LogP contribution in [-0.2, 0) is 10.8 Å². The molecule has 4 nitrogen and oxygen atoms in total. The van der Waals surface area contributed by atoms with Crippen molar-refractivity contribution in [2.45, 2.75) is 0 Å². The van der Waals surface area contributed by atoms with Gasteiger partial charge in [0.05, 0.1) is 5.69 Å². The molecule has 1 amide bonds. The summed E-state index contributed by atoms with van der Waals surface area (Å²) in [5.74, 6) is -0.639. The van der Waals surface area contributed by atoms with Crippen molar-refractivity contribution >= 4 is 22.4 Å². The number of carbonyl (C=O) groups is 1. The largest absolute Gasteiger partial charge is 0.396 e. The van der Waals surface area contributed by atoms with E-state index in [0.717, 1.165) is 6.07 Å². The molecule has 0 aliphatic heterocycles. The second-order valence-corrected chi connectivity index (χ2v) is 4.82. The first kappa shape index (κ1) is 12.6. The Kier molecular flexibility index (Phi) is 4.42. The number of hydrogen-bond donors (Lipinski definition) is 2. The molecule has 3 N–H and O–H groups in total. The fourth-order valence-corrected chi connectivity index (χ4v) is 1.47. The molecular formula is C10H13FN2O2S. The zero-order valence-corrected chi connectivity index (χ0v) is 9.64. The van der Waals surface area contributed by atoms with Gasteiger partial charge in [0.1, 0.15) is 5.82 Å². The number of nitrogens with two attached hydrogens (primary N) is 1. The molecule has 0 saturated heterocycles. The highest BCUT2D eigenvalue weighted by atomic mass is 32.2. The number of nitrogens with one attached hydrogen (secondary N) is 1. The molecule has 0 saturated carbocycles. The van der Waals surface area contributed by atoms with Crippen LogP contribution in [0.5, 0.6) is 0 Å². The highest BCUT2D eigenvalue weighted by molar-refractivity contribution is 7.84. The number of halogens is 1. The normalized spacial score (nSPS) is 12.1. The van der Waals surface area contributed by atoms with Gasteiger partial charge in [-0.25, -0.2) is 4.39 Å². The Labute approximate surface area is 95.5 Å². The topological polar surface area (TPSA) is 72.2 Å². The Bertz CT molecular complexity index is 423. The molecule has 0 bridgehead atoms. The lowest BCUT2D eigenvalue weighted by molar-refractivity contribution is 0.0956. The zero-order valence-electron chi connectivity index (χ0n) is 8.83. The first-order valence-corrected chi connectivity index (χ1v) is 6.36. The fraction of sp³-hybridized carbons (Fsp3) is 0.300. The van der Waals surface area contributed by atoms with Gasteiger partial charge in [0.2, 0.25) is 0 Å². The summed E-state index contributed by atoms with van der Waals surface area (Å²) in [5, 5.41) is 2.54. The first-order valence-electron chi connectivity index (χ1n) is 4.64. The van der Waals surface area contributed by atoms with Gasteiger partial charge in [-0.05, 0) is 18.2 Å². The van der Waals surface area contributed by atoms with Crippen molar-refractivity contribution in [3.05, 3.63) is 29.6 Å². The summed E-state index contributed by atoms with van der Waals surface area (Å²) < 4.78 is 23.8. The molecule has 0 radical (unpaired) electrons. The van der Waals surface area contributed by atoms with Crippen molar-refractivity contribution in [3.63, 3.8) is 0 Å². The van der Waals surface area contributed by atoms with E-state index in [2.05, 4.69) is 5.32 Å². The van der Waals surface area contributed by atoms with E-state index >= 15 is 0 Å². The SMILES string of the molecule is CS(=O)CCNC(=O)c1ccc(N)c(F)c1. The fourth-order valence-electron chi connectivity index (χ4n) is 1.08. The van der Waals surface area contributed by atoms with Crippen LogP contribution in [0.15, 0.2) is 18.2 Å². The van der Waals surface area contributed by atoms with Crippen molar-refractivity contribution in [2.75, 3.05) is 24.3 Å². The van der Waals surface area contributed by atoms with Crippen LogP contribution >= 0.6 is 0 Å². The molecule has 0 aliphatic carbocycles. The van der Waals surface area contributed by atoms with Gasteiger partial charge in [-0.3, -0.25) is 9.00 Å². The second-order valence-electron chi connectivity index (χ2n) is 3.27. The van der Waals surface area contributed by atoms with Gasteiger partial charge in [0.25, 0.3) is 5.91 Å². The van der Waals surface area contributed by atoms with Gasteiger partial charge in [0, 0.05) is 34.9 Å². The maximum atomic E-state index is 13.0. The minimum atomic E-state index is -0.955. The van der Waals surface area contributed by atoms with Crippen molar-refractivity contribution in [1.29, 1.82) is 0 Å². The van der Waals surface area contributed by atoms with Gasteiger partial charge in [-0.15, -0.1) is 0 Å². The van der Waals surface area contributed by atoms with Crippen LogP contribution in [0, 0.1) is 5.82 Å². The van der Waals surface area contributed by atoms with E-state index in [1.54, 1.807) is 6.26 Å². The van der Waals surface area contributed by atoms with Crippen LogP contribution < -0.4 is 11.1 Å². The molecule has 1 unspecified atom stereocenters. The van der Waals surface area contributed by atoms with E-state index in [4.69, 9.17) is 5.73 Å². The number of hydrogen-bond acceptors (Lipinski definition) is 3. The highest BCUT2D eigenvalue weighted by Gasteiger charge is 2.07. The Morgan fingerprint density at radius 1 is 1.56 bits per heavy atom. The molecule has 0 heterocycles. The molecule has 1 aromatic rings. The summed E-state index contributed by atoms with van der Waals surface area (Å²) in [6, 6.07) is 3.85. The number of anilines is 1. The molecule has 0 spiro atoms. The second kappa shape index (κ2) is 5.60. The maximum absolute atomic E-state index is 13.0. The lowest BCUT2D eigenvalue weighted by Gasteiger charge is -2.04.